The lowest BCUT2D eigenvalue weighted by Gasteiger charge is -2.39. The van der Waals surface area contributed by atoms with Crippen molar-refractivity contribution in [1.82, 2.24) is 10.2 Å². The first kappa shape index (κ1) is 9.96. The van der Waals surface area contributed by atoms with Crippen molar-refractivity contribution in [2.24, 2.45) is 0 Å². The van der Waals surface area contributed by atoms with Crippen LogP contribution >= 0.6 is 0 Å². The predicted octanol–water partition coefficient (Wildman–Crippen LogP) is 0.0494. The molecule has 0 aromatic carbocycles. The van der Waals surface area contributed by atoms with Gasteiger partial charge in [-0.1, -0.05) is 0 Å². The van der Waals surface area contributed by atoms with Crippen LogP contribution < -0.4 is 5.32 Å². The van der Waals surface area contributed by atoms with E-state index in [1.807, 2.05) is 0 Å². The molecule has 0 aromatic heterocycles. The van der Waals surface area contributed by atoms with Crippen LogP contribution in [0.4, 0.5) is 0 Å². The first-order chi connectivity index (χ1) is 5.63. The van der Waals surface area contributed by atoms with Crippen molar-refractivity contribution >= 4 is 0 Å². The van der Waals surface area contributed by atoms with E-state index in [0.717, 1.165) is 13.1 Å². The number of nitrogens with one attached hydrogen (secondary N) is 1. The van der Waals surface area contributed by atoms with E-state index in [4.69, 9.17) is 5.11 Å². The van der Waals surface area contributed by atoms with Crippen LogP contribution in [0, 0.1) is 0 Å². The Morgan fingerprint density at radius 2 is 2.17 bits per heavy atom. The lowest BCUT2D eigenvalue weighted by Crippen LogP contribution is -2.58. The van der Waals surface area contributed by atoms with Gasteiger partial charge in [0.2, 0.25) is 0 Å². The van der Waals surface area contributed by atoms with Crippen LogP contribution in [0.15, 0.2) is 0 Å². The van der Waals surface area contributed by atoms with E-state index in [-0.39, 0.29) is 12.6 Å². The van der Waals surface area contributed by atoms with Crippen molar-refractivity contribution in [2.75, 3.05) is 19.7 Å². The van der Waals surface area contributed by atoms with E-state index in [0.29, 0.717) is 12.1 Å². The number of aliphatic hydroxyl groups is 1. The zero-order valence-electron chi connectivity index (χ0n) is 8.25. The summed E-state index contributed by atoms with van der Waals surface area (Å²) in [7, 11) is 0. The average molecular weight is 172 g/mol. The van der Waals surface area contributed by atoms with Crippen molar-refractivity contribution in [3.8, 4) is 0 Å². The Labute approximate surface area is 74.8 Å². The van der Waals surface area contributed by atoms with Crippen LogP contribution in [0.5, 0.6) is 0 Å². The SMILES string of the molecule is CC1CN(C(C)C)CC(CO)N1. The second-order valence-electron chi connectivity index (χ2n) is 3.99. The van der Waals surface area contributed by atoms with Gasteiger partial charge in [-0.25, -0.2) is 0 Å². The highest BCUT2D eigenvalue weighted by Gasteiger charge is 2.24. The Morgan fingerprint density at radius 3 is 2.67 bits per heavy atom. The number of aliphatic hydroxyl groups excluding tert-OH is 1. The fourth-order valence-electron chi connectivity index (χ4n) is 1.75. The standard InChI is InChI=1S/C9H20N2O/c1-7(2)11-4-8(3)10-9(5-11)6-12/h7-10,12H,4-6H2,1-3H3. The maximum absolute atomic E-state index is 9.02. The third-order valence-corrected chi connectivity index (χ3v) is 2.43. The molecular weight excluding hydrogens is 152 g/mol. The number of rotatable bonds is 2. The first-order valence-electron chi connectivity index (χ1n) is 4.74. The molecule has 72 valence electrons. The molecule has 2 N–H and O–H groups in total. The topological polar surface area (TPSA) is 35.5 Å². The molecule has 1 rings (SSSR count). The zero-order chi connectivity index (χ0) is 9.14. The molecule has 1 saturated heterocycles. The van der Waals surface area contributed by atoms with Gasteiger partial charge in [-0.15, -0.1) is 0 Å². The van der Waals surface area contributed by atoms with Gasteiger partial charge in [0.05, 0.1) is 6.61 Å². The minimum Gasteiger partial charge on any atom is -0.395 e. The molecular formula is C9H20N2O. The summed E-state index contributed by atoms with van der Waals surface area (Å²) in [5.41, 5.74) is 0. The predicted molar refractivity (Wildman–Crippen MR) is 50.2 cm³/mol. The van der Waals surface area contributed by atoms with E-state index in [1.165, 1.54) is 0 Å². The summed E-state index contributed by atoms with van der Waals surface area (Å²) in [5, 5.41) is 12.4. The van der Waals surface area contributed by atoms with Crippen LogP contribution in [0.2, 0.25) is 0 Å². The van der Waals surface area contributed by atoms with Crippen LogP contribution in [0.3, 0.4) is 0 Å². The Morgan fingerprint density at radius 1 is 1.50 bits per heavy atom. The van der Waals surface area contributed by atoms with Crippen molar-refractivity contribution in [3.05, 3.63) is 0 Å². The van der Waals surface area contributed by atoms with E-state index < -0.39 is 0 Å². The smallest absolute Gasteiger partial charge is 0.0597 e. The van der Waals surface area contributed by atoms with Gasteiger partial charge < -0.3 is 10.4 Å². The van der Waals surface area contributed by atoms with Crippen molar-refractivity contribution in [2.45, 2.75) is 38.9 Å². The second kappa shape index (κ2) is 4.21. The maximum atomic E-state index is 9.02. The Balaban J connectivity index is 2.45. The van der Waals surface area contributed by atoms with Gasteiger partial charge in [-0.3, -0.25) is 4.90 Å². The van der Waals surface area contributed by atoms with E-state index in [9.17, 15) is 0 Å². The number of piperazine rings is 1. The average Bonchev–Trinajstić information content (AvgIpc) is 2.03. The quantitative estimate of drug-likeness (QED) is 0.618. The molecule has 1 aliphatic rings. The Kier molecular flexibility index (Phi) is 3.50. The van der Waals surface area contributed by atoms with Crippen LogP contribution in [0.1, 0.15) is 20.8 Å². The van der Waals surface area contributed by atoms with E-state index >= 15 is 0 Å². The van der Waals surface area contributed by atoms with Gasteiger partial charge in [0.15, 0.2) is 0 Å². The molecule has 3 nitrogen and oxygen atoms in total. The lowest BCUT2D eigenvalue weighted by atomic mass is 10.1. The number of nitrogens with zero attached hydrogens (tertiary/aromatic N) is 1. The summed E-state index contributed by atoms with van der Waals surface area (Å²) in [6.45, 7) is 8.87. The Hall–Kier alpha value is -0.120. The molecule has 2 unspecified atom stereocenters. The Bertz CT molecular complexity index is 138. The molecule has 0 amide bonds. The molecule has 0 aliphatic carbocycles. The molecule has 1 fully saturated rings. The molecule has 0 aromatic rings. The number of hydrogen-bond donors (Lipinski definition) is 2. The second-order valence-corrected chi connectivity index (χ2v) is 3.99. The fraction of sp³-hybridized carbons (Fsp3) is 1.00. The van der Waals surface area contributed by atoms with E-state index in [2.05, 4.69) is 31.0 Å². The molecule has 2 atom stereocenters. The fourth-order valence-corrected chi connectivity index (χ4v) is 1.75. The summed E-state index contributed by atoms with van der Waals surface area (Å²) >= 11 is 0. The minimum absolute atomic E-state index is 0.244. The summed E-state index contributed by atoms with van der Waals surface area (Å²) in [6, 6.07) is 1.35. The molecule has 12 heavy (non-hydrogen) atoms. The van der Waals surface area contributed by atoms with Crippen molar-refractivity contribution in [1.29, 1.82) is 0 Å². The summed E-state index contributed by atoms with van der Waals surface area (Å²) in [4.78, 5) is 2.40. The third-order valence-electron chi connectivity index (χ3n) is 2.43. The highest BCUT2D eigenvalue weighted by Crippen LogP contribution is 2.07. The van der Waals surface area contributed by atoms with Crippen molar-refractivity contribution in [3.63, 3.8) is 0 Å². The monoisotopic (exact) mass is 172 g/mol. The summed E-state index contributed by atoms with van der Waals surface area (Å²) < 4.78 is 0. The van der Waals surface area contributed by atoms with Crippen molar-refractivity contribution < 1.29 is 5.11 Å². The maximum Gasteiger partial charge on any atom is 0.0597 e. The molecule has 3 heteroatoms. The molecule has 0 radical (unpaired) electrons. The van der Waals surface area contributed by atoms with Gasteiger partial charge in [-0.05, 0) is 20.8 Å². The zero-order valence-corrected chi connectivity index (χ0v) is 8.25. The van der Waals surface area contributed by atoms with Gasteiger partial charge in [-0.2, -0.15) is 0 Å². The molecule has 0 saturated carbocycles. The highest BCUT2D eigenvalue weighted by molar-refractivity contribution is 4.84. The van der Waals surface area contributed by atoms with Gasteiger partial charge >= 0.3 is 0 Å². The lowest BCUT2D eigenvalue weighted by molar-refractivity contribution is 0.102. The summed E-state index contributed by atoms with van der Waals surface area (Å²) in [6.07, 6.45) is 0. The highest BCUT2D eigenvalue weighted by atomic mass is 16.3. The van der Waals surface area contributed by atoms with Gasteiger partial charge in [0, 0.05) is 31.2 Å². The largest absolute Gasteiger partial charge is 0.395 e. The molecule has 1 heterocycles. The molecule has 1 aliphatic heterocycles. The van der Waals surface area contributed by atoms with Gasteiger partial charge in [0.1, 0.15) is 0 Å². The normalized spacial score (nSPS) is 32.8. The third kappa shape index (κ3) is 2.44. The van der Waals surface area contributed by atoms with Crippen LogP contribution in [-0.4, -0.2) is 47.8 Å². The molecule has 0 spiro atoms. The molecule has 0 bridgehead atoms. The number of hydrogen-bond acceptors (Lipinski definition) is 3. The first-order valence-corrected chi connectivity index (χ1v) is 4.74. The summed E-state index contributed by atoms with van der Waals surface area (Å²) in [5.74, 6) is 0. The van der Waals surface area contributed by atoms with Gasteiger partial charge in [0.25, 0.3) is 0 Å². The van der Waals surface area contributed by atoms with Crippen LogP contribution in [0.25, 0.3) is 0 Å². The minimum atomic E-state index is 0.244. The van der Waals surface area contributed by atoms with E-state index in [1.54, 1.807) is 0 Å². The van der Waals surface area contributed by atoms with Crippen LogP contribution in [-0.2, 0) is 0 Å².